The highest BCUT2D eigenvalue weighted by Gasteiger charge is 2.26. The molecule has 1 unspecified atom stereocenters. The summed E-state index contributed by atoms with van der Waals surface area (Å²) in [7, 11) is 3.21. The highest BCUT2D eigenvalue weighted by molar-refractivity contribution is 6.30. The van der Waals surface area contributed by atoms with Gasteiger partial charge in [0.25, 0.3) is 0 Å². The summed E-state index contributed by atoms with van der Waals surface area (Å²) >= 11 is 6.17. The zero-order valence-corrected chi connectivity index (χ0v) is 26.2. The Hall–Kier alpha value is -3.66. The SMILES string of the molecule is COCCOCOc1ccc(C=CC=CC(=O)NCCN2CCN(C(c3ccccc3)c3ccc(Cl)cc3)CC2)cc1OC. The second kappa shape index (κ2) is 18.2. The lowest BCUT2D eigenvalue weighted by molar-refractivity contribution is -0.116. The zero-order valence-electron chi connectivity index (χ0n) is 25.5. The minimum absolute atomic E-state index is 0.113. The number of carbonyl (C=O) groups is 1. The summed E-state index contributed by atoms with van der Waals surface area (Å²) in [5, 5.41) is 3.74. The van der Waals surface area contributed by atoms with E-state index in [1.54, 1.807) is 20.3 Å². The Morgan fingerprint density at radius 2 is 1.66 bits per heavy atom. The Morgan fingerprint density at radius 1 is 0.909 bits per heavy atom. The van der Waals surface area contributed by atoms with Crippen LogP contribution < -0.4 is 14.8 Å². The second-order valence-corrected chi connectivity index (χ2v) is 10.8. The Balaban J connectivity index is 1.18. The molecule has 1 aliphatic rings. The number of nitrogens with one attached hydrogen (secondary N) is 1. The third-order valence-corrected chi connectivity index (χ3v) is 7.62. The number of piperazine rings is 1. The highest BCUT2D eigenvalue weighted by Crippen LogP contribution is 2.31. The van der Waals surface area contributed by atoms with Crippen molar-refractivity contribution >= 4 is 23.6 Å². The summed E-state index contributed by atoms with van der Waals surface area (Å²) in [4.78, 5) is 17.3. The maximum absolute atomic E-state index is 12.4. The molecule has 0 saturated carbocycles. The minimum Gasteiger partial charge on any atom is -0.493 e. The van der Waals surface area contributed by atoms with Crippen molar-refractivity contribution in [2.24, 2.45) is 0 Å². The predicted molar refractivity (Wildman–Crippen MR) is 175 cm³/mol. The molecule has 0 aliphatic carbocycles. The predicted octanol–water partition coefficient (Wildman–Crippen LogP) is 5.44. The van der Waals surface area contributed by atoms with Crippen molar-refractivity contribution in [2.45, 2.75) is 6.04 Å². The summed E-state index contributed by atoms with van der Waals surface area (Å²) < 4.78 is 21.3. The standard InChI is InChI=1S/C35H42ClN3O5/c1-41-24-25-43-27-44-32-17-12-28(26-33(32)42-2)8-6-7-11-34(40)37-18-19-38-20-22-39(23-21-38)35(29-9-4-3-5-10-29)30-13-15-31(36)16-14-30/h3-17,26,35H,18-25,27H2,1-2H3,(H,37,40). The first kappa shape index (κ1) is 33.2. The first-order valence-corrected chi connectivity index (χ1v) is 15.2. The van der Waals surface area contributed by atoms with E-state index in [1.165, 1.54) is 17.2 Å². The maximum Gasteiger partial charge on any atom is 0.244 e. The van der Waals surface area contributed by atoms with Crippen LogP contribution in [0.1, 0.15) is 22.7 Å². The number of hydrogen-bond donors (Lipinski definition) is 1. The number of amides is 1. The molecule has 0 aromatic heterocycles. The van der Waals surface area contributed by atoms with Gasteiger partial charge in [0.2, 0.25) is 5.91 Å². The van der Waals surface area contributed by atoms with E-state index >= 15 is 0 Å². The lowest BCUT2D eigenvalue weighted by Gasteiger charge is -2.39. The number of hydrogen-bond acceptors (Lipinski definition) is 7. The molecule has 1 amide bonds. The maximum atomic E-state index is 12.4. The van der Waals surface area contributed by atoms with Crippen LogP contribution in [0.15, 0.2) is 91.0 Å². The second-order valence-electron chi connectivity index (χ2n) is 10.3. The summed E-state index contributed by atoms with van der Waals surface area (Å²) in [5.74, 6) is 1.08. The van der Waals surface area contributed by atoms with E-state index in [1.807, 2.05) is 42.5 Å². The lowest BCUT2D eigenvalue weighted by Crippen LogP contribution is -2.49. The molecule has 234 valence electrons. The van der Waals surface area contributed by atoms with Crippen LogP contribution in [-0.2, 0) is 14.3 Å². The molecule has 44 heavy (non-hydrogen) atoms. The van der Waals surface area contributed by atoms with Gasteiger partial charge in [-0.3, -0.25) is 14.6 Å². The number of halogens is 1. The van der Waals surface area contributed by atoms with Gasteiger partial charge < -0.3 is 24.3 Å². The Morgan fingerprint density at radius 3 is 2.39 bits per heavy atom. The molecule has 3 aromatic rings. The number of nitrogens with zero attached hydrogens (tertiary/aromatic N) is 2. The number of rotatable bonds is 16. The van der Waals surface area contributed by atoms with Gasteiger partial charge in [0.05, 0.1) is 26.4 Å². The van der Waals surface area contributed by atoms with Crippen molar-refractivity contribution in [3.8, 4) is 11.5 Å². The Labute approximate surface area is 265 Å². The van der Waals surface area contributed by atoms with Gasteiger partial charge in [0.15, 0.2) is 18.3 Å². The van der Waals surface area contributed by atoms with Crippen LogP contribution in [0.4, 0.5) is 0 Å². The molecule has 0 spiro atoms. The van der Waals surface area contributed by atoms with E-state index in [0.717, 1.165) is 43.3 Å². The quantitative estimate of drug-likeness (QED) is 0.0991. The molecule has 1 aliphatic heterocycles. The van der Waals surface area contributed by atoms with Crippen LogP contribution in [0.3, 0.4) is 0 Å². The van der Waals surface area contributed by atoms with Crippen LogP contribution in [0.5, 0.6) is 11.5 Å². The monoisotopic (exact) mass is 619 g/mol. The van der Waals surface area contributed by atoms with Crippen LogP contribution in [-0.4, -0.2) is 89.2 Å². The molecule has 1 heterocycles. The Kier molecular flexibility index (Phi) is 13.8. The number of carbonyl (C=O) groups excluding carboxylic acids is 1. The minimum atomic E-state index is -0.116. The lowest BCUT2D eigenvalue weighted by atomic mass is 9.96. The third-order valence-electron chi connectivity index (χ3n) is 7.36. The van der Waals surface area contributed by atoms with Crippen LogP contribution in [0, 0.1) is 0 Å². The third kappa shape index (κ3) is 10.5. The smallest absolute Gasteiger partial charge is 0.244 e. The van der Waals surface area contributed by atoms with Gasteiger partial charge in [0, 0.05) is 57.5 Å². The number of ether oxygens (including phenoxy) is 4. The van der Waals surface area contributed by atoms with Crippen molar-refractivity contribution in [3.05, 3.63) is 113 Å². The molecular formula is C35H42ClN3O5. The summed E-state index contributed by atoms with van der Waals surface area (Å²) in [6, 6.07) is 24.6. The van der Waals surface area contributed by atoms with Crippen molar-refractivity contribution in [1.29, 1.82) is 0 Å². The summed E-state index contributed by atoms with van der Waals surface area (Å²) in [6.45, 7) is 6.27. The first-order chi connectivity index (χ1) is 21.6. The fraction of sp³-hybridized carbons (Fsp3) is 0.343. The molecule has 0 bridgehead atoms. The zero-order chi connectivity index (χ0) is 31.0. The summed E-state index contributed by atoms with van der Waals surface area (Å²) in [6.07, 6.45) is 7.00. The largest absolute Gasteiger partial charge is 0.493 e. The van der Waals surface area contributed by atoms with Gasteiger partial charge in [-0.15, -0.1) is 0 Å². The van der Waals surface area contributed by atoms with E-state index in [-0.39, 0.29) is 18.7 Å². The average molecular weight is 620 g/mol. The van der Waals surface area contributed by atoms with E-state index in [4.69, 9.17) is 30.5 Å². The van der Waals surface area contributed by atoms with Crippen LogP contribution in [0.2, 0.25) is 5.02 Å². The van der Waals surface area contributed by atoms with E-state index in [0.29, 0.717) is 31.3 Å². The molecule has 1 atom stereocenters. The molecule has 1 saturated heterocycles. The normalized spacial score (nSPS) is 15.1. The van der Waals surface area contributed by atoms with E-state index in [2.05, 4.69) is 57.6 Å². The molecule has 3 aromatic carbocycles. The fourth-order valence-electron chi connectivity index (χ4n) is 5.06. The Bertz CT molecular complexity index is 1340. The van der Waals surface area contributed by atoms with Crippen molar-refractivity contribution in [3.63, 3.8) is 0 Å². The van der Waals surface area contributed by atoms with Crippen LogP contribution >= 0.6 is 11.6 Å². The molecule has 9 heteroatoms. The topological polar surface area (TPSA) is 72.5 Å². The van der Waals surface area contributed by atoms with E-state index in [9.17, 15) is 4.79 Å². The van der Waals surface area contributed by atoms with Gasteiger partial charge in [-0.05, 0) is 41.0 Å². The molecule has 4 rings (SSSR count). The van der Waals surface area contributed by atoms with Crippen molar-refractivity contribution < 1.29 is 23.7 Å². The average Bonchev–Trinajstić information content (AvgIpc) is 3.05. The molecule has 8 nitrogen and oxygen atoms in total. The summed E-state index contributed by atoms with van der Waals surface area (Å²) in [5.41, 5.74) is 3.44. The molecular weight excluding hydrogens is 578 g/mol. The van der Waals surface area contributed by atoms with Gasteiger partial charge in [-0.2, -0.15) is 0 Å². The molecule has 0 radical (unpaired) electrons. The highest BCUT2D eigenvalue weighted by atomic mass is 35.5. The number of methoxy groups -OCH3 is 2. The van der Waals surface area contributed by atoms with Crippen LogP contribution in [0.25, 0.3) is 6.08 Å². The molecule has 1 fully saturated rings. The number of benzene rings is 3. The van der Waals surface area contributed by atoms with Gasteiger partial charge in [-0.1, -0.05) is 78.4 Å². The van der Waals surface area contributed by atoms with Gasteiger partial charge in [-0.25, -0.2) is 0 Å². The first-order valence-electron chi connectivity index (χ1n) is 14.8. The van der Waals surface area contributed by atoms with Crippen molar-refractivity contribution in [1.82, 2.24) is 15.1 Å². The number of allylic oxidation sites excluding steroid dienone is 2. The molecule has 1 N–H and O–H groups in total. The van der Waals surface area contributed by atoms with Crippen molar-refractivity contribution in [2.75, 3.05) is 73.5 Å². The van der Waals surface area contributed by atoms with Gasteiger partial charge in [0.1, 0.15) is 0 Å². The fourth-order valence-corrected chi connectivity index (χ4v) is 5.18. The van der Waals surface area contributed by atoms with E-state index < -0.39 is 0 Å². The van der Waals surface area contributed by atoms with Gasteiger partial charge >= 0.3 is 0 Å².